The molecule has 0 radical (unpaired) electrons. The Morgan fingerprint density at radius 3 is 2.57 bits per heavy atom. The summed E-state index contributed by atoms with van der Waals surface area (Å²) in [4.78, 5) is 1.90. The Morgan fingerprint density at radius 2 is 2.05 bits per heavy atom. The number of halogens is 2. The molecule has 2 N–H and O–H groups in total. The second-order valence-corrected chi connectivity index (χ2v) is 7.67. The van der Waals surface area contributed by atoms with E-state index in [0.29, 0.717) is 12.0 Å². The van der Waals surface area contributed by atoms with Gasteiger partial charge >= 0.3 is 0 Å². The first-order valence-corrected chi connectivity index (χ1v) is 8.66. The fourth-order valence-corrected chi connectivity index (χ4v) is 4.58. The minimum Gasteiger partial charge on any atom is -0.329 e. The van der Waals surface area contributed by atoms with Crippen molar-refractivity contribution in [1.82, 2.24) is 4.90 Å². The second-order valence-electron chi connectivity index (χ2n) is 5.44. The average molecular weight is 318 g/mol. The van der Waals surface area contributed by atoms with Crippen LogP contribution in [0.3, 0.4) is 0 Å². The van der Waals surface area contributed by atoms with Crippen LogP contribution in [0.15, 0.2) is 24.3 Å². The maximum absolute atomic E-state index is 12.8. The Morgan fingerprint density at radius 1 is 1.38 bits per heavy atom. The lowest BCUT2D eigenvalue weighted by molar-refractivity contribution is 0.150. The molecule has 118 valence electrons. The second kappa shape index (κ2) is 6.37. The van der Waals surface area contributed by atoms with E-state index in [1.807, 2.05) is 4.90 Å². The maximum Gasteiger partial charge on any atom is 0.263 e. The Kier molecular flexibility index (Phi) is 4.95. The van der Waals surface area contributed by atoms with Gasteiger partial charge in [-0.15, -0.1) is 0 Å². The highest BCUT2D eigenvalue weighted by Crippen LogP contribution is 2.28. The molecule has 7 heteroatoms. The molecule has 1 aliphatic heterocycles. The minimum absolute atomic E-state index is 0.0432. The molecule has 1 aromatic rings. The van der Waals surface area contributed by atoms with Crippen LogP contribution >= 0.6 is 0 Å². The number of nitrogens with zero attached hydrogens (tertiary/aromatic N) is 1. The lowest BCUT2D eigenvalue weighted by Crippen LogP contribution is -2.39. The van der Waals surface area contributed by atoms with E-state index in [-0.39, 0.29) is 35.7 Å². The highest BCUT2D eigenvalue weighted by Gasteiger charge is 2.33. The van der Waals surface area contributed by atoms with E-state index >= 15 is 0 Å². The molecule has 2 rings (SSSR count). The SMILES string of the molecule is CN(C1CCS(=O)(=O)C1)C(CN)c1cccc(C(F)F)c1. The molecular weight excluding hydrogens is 298 g/mol. The first-order chi connectivity index (χ1) is 9.84. The third kappa shape index (κ3) is 3.78. The molecule has 1 heterocycles. The minimum atomic E-state index is -2.99. The number of sulfone groups is 1. The van der Waals surface area contributed by atoms with Crippen molar-refractivity contribution < 1.29 is 17.2 Å². The molecule has 4 nitrogen and oxygen atoms in total. The van der Waals surface area contributed by atoms with E-state index in [4.69, 9.17) is 5.73 Å². The Labute approximate surface area is 123 Å². The summed E-state index contributed by atoms with van der Waals surface area (Å²) in [5.74, 6) is 0.283. The van der Waals surface area contributed by atoms with Crippen molar-refractivity contribution in [2.45, 2.75) is 24.9 Å². The standard InChI is InChI=1S/C14H20F2N2O2S/c1-18(12-5-6-21(19,20)9-12)13(8-17)10-3-2-4-11(7-10)14(15)16/h2-4,7,12-14H,5-6,8-9,17H2,1H3. The van der Waals surface area contributed by atoms with Crippen LogP contribution in [0.25, 0.3) is 0 Å². The van der Waals surface area contributed by atoms with Gasteiger partial charge in [0.25, 0.3) is 6.43 Å². The molecule has 2 unspecified atom stereocenters. The van der Waals surface area contributed by atoms with Gasteiger partial charge in [0, 0.05) is 24.2 Å². The van der Waals surface area contributed by atoms with Crippen molar-refractivity contribution in [1.29, 1.82) is 0 Å². The summed E-state index contributed by atoms with van der Waals surface area (Å²) >= 11 is 0. The average Bonchev–Trinajstić information content (AvgIpc) is 2.80. The van der Waals surface area contributed by atoms with Gasteiger partial charge in [-0.1, -0.05) is 18.2 Å². The smallest absolute Gasteiger partial charge is 0.263 e. The number of alkyl halides is 2. The molecule has 1 fully saturated rings. The molecule has 0 spiro atoms. The van der Waals surface area contributed by atoms with E-state index in [1.165, 1.54) is 12.1 Å². The highest BCUT2D eigenvalue weighted by molar-refractivity contribution is 7.91. The van der Waals surface area contributed by atoms with Crippen molar-refractivity contribution >= 4 is 9.84 Å². The topological polar surface area (TPSA) is 63.4 Å². The quantitative estimate of drug-likeness (QED) is 0.898. The van der Waals surface area contributed by atoms with Gasteiger partial charge in [0.2, 0.25) is 0 Å². The number of benzene rings is 1. The van der Waals surface area contributed by atoms with Gasteiger partial charge in [0.1, 0.15) is 0 Å². The van der Waals surface area contributed by atoms with Crippen LogP contribution in [-0.4, -0.2) is 44.5 Å². The maximum atomic E-state index is 12.8. The Bertz CT molecular complexity index is 592. The number of rotatable bonds is 5. The van der Waals surface area contributed by atoms with Gasteiger partial charge in [-0.3, -0.25) is 4.90 Å². The zero-order valence-electron chi connectivity index (χ0n) is 11.9. The fourth-order valence-electron chi connectivity index (χ4n) is 2.79. The van der Waals surface area contributed by atoms with Crippen LogP contribution in [-0.2, 0) is 9.84 Å². The van der Waals surface area contributed by atoms with Crippen LogP contribution in [0.2, 0.25) is 0 Å². The summed E-state index contributed by atoms with van der Waals surface area (Å²) in [6.45, 7) is 0.250. The molecule has 0 amide bonds. The highest BCUT2D eigenvalue weighted by atomic mass is 32.2. The summed E-state index contributed by atoms with van der Waals surface area (Å²) in [7, 11) is -1.18. The summed E-state index contributed by atoms with van der Waals surface area (Å²) < 4.78 is 48.7. The zero-order valence-corrected chi connectivity index (χ0v) is 12.7. The number of nitrogens with two attached hydrogens (primary N) is 1. The van der Waals surface area contributed by atoms with Gasteiger partial charge in [0.15, 0.2) is 9.84 Å². The fraction of sp³-hybridized carbons (Fsp3) is 0.571. The van der Waals surface area contributed by atoms with Crippen LogP contribution < -0.4 is 5.73 Å². The monoisotopic (exact) mass is 318 g/mol. The van der Waals surface area contributed by atoms with Crippen molar-refractivity contribution in [3.05, 3.63) is 35.4 Å². The zero-order chi connectivity index (χ0) is 15.6. The number of hydrogen-bond donors (Lipinski definition) is 1. The summed E-state index contributed by atoms with van der Waals surface area (Å²) in [5, 5.41) is 0. The van der Waals surface area contributed by atoms with Gasteiger partial charge in [-0.25, -0.2) is 17.2 Å². The van der Waals surface area contributed by atoms with Crippen LogP contribution in [0.1, 0.15) is 30.0 Å². The van der Waals surface area contributed by atoms with E-state index in [9.17, 15) is 17.2 Å². The predicted molar refractivity (Wildman–Crippen MR) is 78.0 cm³/mol. The molecule has 1 saturated heterocycles. The molecular formula is C14H20F2N2O2S. The van der Waals surface area contributed by atoms with E-state index in [2.05, 4.69) is 0 Å². The van der Waals surface area contributed by atoms with E-state index in [1.54, 1.807) is 19.2 Å². The molecule has 1 aliphatic rings. The van der Waals surface area contributed by atoms with Crippen molar-refractivity contribution in [3.8, 4) is 0 Å². The third-order valence-corrected chi connectivity index (χ3v) is 5.80. The molecule has 1 aromatic carbocycles. The molecule has 0 saturated carbocycles. The Balaban J connectivity index is 2.21. The lowest BCUT2D eigenvalue weighted by Gasteiger charge is -2.32. The summed E-state index contributed by atoms with van der Waals surface area (Å²) in [5.41, 5.74) is 6.44. The van der Waals surface area contributed by atoms with Crippen LogP contribution in [0, 0.1) is 0 Å². The van der Waals surface area contributed by atoms with E-state index in [0.717, 1.165) is 0 Å². The first-order valence-electron chi connectivity index (χ1n) is 6.84. The molecule has 21 heavy (non-hydrogen) atoms. The van der Waals surface area contributed by atoms with Gasteiger partial charge < -0.3 is 5.73 Å². The largest absolute Gasteiger partial charge is 0.329 e. The third-order valence-electron chi connectivity index (χ3n) is 4.05. The molecule has 0 aliphatic carbocycles. The van der Waals surface area contributed by atoms with Crippen LogP contribution in [0.5, 0.6) is 0 Å². The Hall–Kier alpha value is -1.05. The molecule has 2 atom stereocenters. The summed E-state index contributed by atoms with van der Waals surface area (Å²) in [6.07, 6.45) is -1.97. The van der Waals surface area contributed by atoms with Gasteiger partial charge in [-0.2, -0.15) is 0 Å². The van der Waals surface area contributed by atoms with Gasteiger partial charge in [0.05, 0.1) is 11.5 Å². The number of likely N-dealkylation sites (N-methyl/N-ethyl adjacent to an activating group) is 1. The first kappa shape index (κ1) is 16.3. The van der Waals surface area contributed by atoms with Crippen LogP contribution in [0.4, 0.5) is 8.78 Å². The van der Waals surface area contributed by atoms with Crippen molar-refractivity contribution in [2.75, 3.05) is 25.1 Å². The van der Waals surface area contributed by atoms with Crippen molar-refractivity contribution in [2.24, 2.45) is 5.73 Å². The van der Waals surface area contributed by atoms with Crippen molar-refractivity contribution in [3.63, 3.8) is 0 Å². The lowest BCUT2D eigenvalue weighted by atomic mass is 10.0. The summed E-state index contributed by atoms with van der Waals surface area (Å²) in [6, 6.07) is 5.78. The predicted octanol–water partition coefficient (Wildman–Crippen LogP) is 1.74. The van der Waals surface area contributed by atoms with E-state index < -0.39 is 16.3 Å². The van der Waals surface area contributed by atoms with Gasteiger partial charge in [-0.05, 0) is 25.1 Å². The number of hydrogen-bond acceptors (Lipinski definition) is 4. The molecule has 0 bridgehead atoms. The molecule has 0 aromatic heterocycles. The normalized spacial score (nSPS) is 22.9.